The second kappa shape index (κ2) is 6.22. The van der Waals surface area contributed by atoms with E-state index in [0.717, 1.165) is 5.56 Å². The summed E-state index contributed by atoms with van der Waals surface area (Å²) < 4.78 is 27.2. The van der Waals surface area contributed by atoms with E-state index in [1.165, 1.54) is 6.07 Å². The van der Waals surface area contributed by atoms with Crippen LogP contribution in [0, 0.1) is 0 Å². The van der Waals surface area contributed by atoms with E-state index >= 15 is 0 Å². The van der Waals surface area contributed by atoms with Gasteiger partial charge in [0.15, 0.2) is 0 Å². The maximum Gasteiger partial charge on any atom is 0.241 e. The zero-order chi connectivity index (χ0) is 14.7. The van der Waals surface area contributed by atoms with Crippen molar-refractivity contribution in [1.29, 1.82) is 0 Å². The molecule has 2 N–H and O–H groups in total. The number of hydrogen-bond acceptors (Lipinski definition) is 3. The molecule has 1 aromatic rings. The molecule has 0 radical (unpaired) electrons. The van der Waals surface area contributed by atoms with Crippen LogP contribution in [0.25, 0.3) is 0 Å². The molecule has 0 spiro atoms. The van der Waals surface area contributed by atoms with E-state index in [1.54, 1.807) is 12.1 Å². The molecule has 0 amide bonds. The molecule has 1 rings (SSSR count). The van der Waals surface area contributed by atoms with Crippen molar-refractivity contribution in [1.82, 2.24) is 10.0 Å². The third kappa shape index (κ3) is 4.45. The van der Waals surface area contributed by atoms with E-state index in [1.807, 2.05) is 27.8 Å². The smallest absolute Gasteiger partial charge is 0.241 e. The summed E-state index contributed by atoms with van der Waals surface area (Å²) in [6.07, 6.45) is 0.706. The molecule has 0 aliphatic heterocycles. The van der Waals surface area contributed by atoms with Gasteiger partial charge in [0.25, 0.3) is 0 Å². The van der Waals surface area contributed by atoms with Crippen LogP contribution in [0.15, 0.2) is 23.1 Å². The minimum atomic E-state index is -3.54. The van der Waals surface area contributed by atoms with Crippen LogP contribution in [0.4, 0.5) is 0 Å². The SMILES string of the molecule is CCC(C)(C)NS(=O)(=O)c1ccc(CNC)c(Cl)c1. The van der Waals surface area contributed by atoms with Crippen LogP contribution >= 0.6 is 11.6 Å². The van der Waals surface area contributed by atoms with Crippen LogP contribution in [0.5, 0.6) is 0 Å². The van der Waals surface area contributed by atoms with E-state index in [-0.39, 0.29) is 4.90 Å². The van der Waals surface area contributed by atoms with Gasteiger partial charge in [-0.25, -0.2) is 13.1 Å². The second-order valence-electron chi connectivity index (χ2n) is 5.13. The Balaban J connectivity index is 3.06. The molecule has 0 heterocycles. The topological polar surface area (TPSA) is 58.2 Å². The minimum Gasteiger partial charge on any atom is -0.316 e. The van der Waals surface area contributed by atoms with Crippen molar-refractivity contribution in [3.8, 4) is 0 Å². The van der Waals surface area contributed by atoms with Gasteiger partial charge in [0.2, 0.25) is 10.0 Å². The minimum absolute atomic E-state index is 0.193. The highest BCUT2D eigenvalue weighted by Crippen LogP contribution is 2.22. The highest BCUT2D eigenvalue weighted by molar-refractivity contribution is 7.89. The fourth-order valence-electron chi connectivity index (χ4n) is 1.52. The van der Waals surface area contributed by atoms with Crippen molar-refractivity contribution in [3.63, 3.8) is 0 Å². The molecule has 19 heavy (non-hydrogen) atoms. The summed E-state index contributed by atoms with van der Waals surface area (Å²) in [7, 11) is -1.73. The van der Waals surface area contributed by atoms with Crippen molar-refractivity contribution >= 4 is 21.6 Å². The Hall–Kier alpha value is -0.620. The van der Waals surface area contributed by atoms with Crippen LogP contribution in [-0.4, -0.2) is 21.0 Å². The van der Waals surface area contributed by atoms with Crippen LogP contribution in [-0.2, 0) is 16.6 Å². The van der Waals surface area contributed by atoms with E-state index in [4.69, 9.17) is 11.6 Å². The number of halogens is 1. The third-order valence-corrected chi connectivity index (χ3v) is 5.04. The molecule has 1 aromatic carbocycles. The Morgan fingerprint density at radius 2 is 1.95 bits per heavy atom. The summed E-state index contributed by atoms with van der Waals surface area (Å²) in [6.45, 7) is 6.24. The maximum atomic E-state index is 12.2. The van der Waals surface area contributed by atoms with E-state index < -0.39 is 15.6 Å². The predicted octanol–water partition coefficient (Wildman–Crippen LogP) is 2.53. The van der Waals surface area contributed by atoms with Crippen molar-refractivity contribution in [3.05, 3.63) is 28.8 Å². The number of hydrogen-bond donors (Lipinski definition) is 2. The lowest BCUT2D eigenvalue weighted by atomic mass is 10.0. The largest absolute Gasteiger partial charge is 0.316 e. The van der Waals surface area contributed by atoms with Crippen LogP contribution in [0.2, 0.25) is 5.02 Å². The van der Waals surface area contributed by atoms with Crippen LogP contribution < -0.4 is 10.0 Å². The van der Waals surface area contributed by atoms with Gasteiger partial charge in [-0.2, -0.15) is 0 Å². The van der Waals surface area contributed by atoms with Gasteiger partial charge in [-0.1, -0.05) is 24.6 Å². The van der Waals surface area contributed by atoms with Gasteiger partial charge in [-0.15, -0.1) is 0 Å². The zero-order valence-corrected chi connectivity index (χ0v) is 13.3. The summed E-state index contributed by atoms with van der Waals surface area (Å²) in [5.41, 5.74) is 0.396. The highest BCUT2D eigenvalue weighted by Gasteiger charge is 2.24. The lowest BCUT2D eigenvalue weighted by molar-refractivity contribution is 0.439. The van der Waals surface area contributed by atoms with Crippen molar-refractivity contribution in [2.75, 3.05) is 7.05 Å². The molecule has 0 fully saturated rings. The predicted molar refractivity (Wildman–Crippen MR) is 78.9 cm³/mol. The number of nitrogens with one attached hydrogen (secondary N) is 2. The molecule has 0 aliphatic carbocycles. The Labute approximate surface area is 120 Å². The summed E-state index contributed by atoms with van der Waals surface area (Å²) in [4.78, 5) is 0.193. The van der Waals surface area contributed by atoms with Crippen molar-refractivity contribution < 1.29 is 8.42 Å². The molecular formula is C13H21ClN2O2S. The zero-order valence-electron chi connectivity index (χ0n) is 11.7. The molecule has 0 saturated carbocycles. The maximum absolute atomic E-state index is 12.2. The quantitative estimate of drug-likeness (QED) is 0.849. The average Bonchev–Trinajstić information content (AvgIpc) is 2.30. The average molecular weight is 305 g/mol. The molecule has 0 aliphatic rings. The molecule has 6 heteroatoms. The first-order chi connectivity index (χ1) is 8.72. The third-order valence-electron chi connectivity index (χ3n) is 3.00. The fourth-order valence-corrected chi connectivity index (χ4v) is 3.35. The summed E-state index contributed by atoms with van der Waals surface area (Å²) in [5, 5.41) is 3.43. The van der Waals surface area contributed by atoms with Crippen LogP contribution in [0.1, 0.15) is 32.8 Å². The Morgan fingerprint density at radius 1 is 1.32 bits per heavy atom. The first-order valence-corrected chi connectivity index (χ1v) is 8.05. The van der Waals surface area contributed by atoms with Gasteiger partial charge in [0.1, 0.15) is 0 Å². The molecule has 0 saturated heterocycles. The van der Waals surface area contributed by atoms with Gasteiger partial charge >= 0.3 is 0 Å². The van der Waals surface area contributed by atoms with Crippen LogP contribution in [0.3, 0.4) is 0 Å². The molecule has 0 unspecified atom stereocenters. The van der Waals surface area contributed by atoms with Gasteiger partial charge in [-0.3, -0.25) is 0 Å². The highest BCUT2D eigenvalue weighted by atomic mass is 35.5. The fraction of sp³-hybridized carbons (Fsp3) is 0.538. The Bertz CT molecular complexity index is 542. The lowest BCUT2D eigenvalue weighted by Gasteiger charge is -2.24. The Morgan fingerprint density at radius 3 is 2.42 bits per heavy atom. The second-order valence-corrected chi connectivity index (χ2v) is 7.22. The Kier molecular flexibility index (Phi) is 5.38. The van der Waals surface area contributed by atoms with E-state index in [2.05, 4.69) is 10.0 Å². The molecule has 0 aromatic heterocycles. The first-order valence-electron chi connectivity index (χ1n) is 6.19. The van der Waals surface area contributed by atoms with E-state index in [9.17, 15) is 8.42 Å². The van der Waals surface area contributed by atoms with Crippen molar-refractivity contribution in [2.45, 2.75) is 44.2 Å². The number of benzene rings is 1. The number of sulfonamides is 1. The summed E-state index contributed by atoms with van der Waals surface area (Å²) in [5.74, 6) is 0. The monoisotopic (exact) mass is 304 g/mol. The molecule has 0 bridgehead atoms. The summed E-state index contributed by atoms with van der Waals surface area (Å²) >= 11 is 6.09. The first kappa shape index (κ1) is 16.4. The van der Waals surface area contributed by atoms with Gasteiger partial charge in [-0.05, 0) is 45.0 Å². The molecular weight excluding hydrogens is 284 g/mol. The molecule has 0 atom stereocenters. The summed E-state index contributed by atoms with van der Waals surface area (Å²) in [6, 6.07) is 4.79. The standard InChI is InChI=1S/C13H21ClN2O2S/c1-5-13(2,3)16-19(17,18)11-7-6-10(9-15-4)12(14)8-11/h6-8,15-16H,5,9H2,1-4H3. The number of rotatable bonds is 6. The van der Waals surface area contributed by atoms with Gasteiger partial charge in [0, 0.05) is 17.1 Å². The lowest BCUT2D eigenvalue weighted by Crippen LogP contribution is -2.42. The van der Waals surface area contributed by atoms with Crippen molar-refractivity contribution in [2.24, 2.45) is 0 Å². The van der Waals surface area contributed by atoms with Gasteiger partial charge < -0.3 is 5.32 Å². The molecule has 108 valence electrons. The molecule has 4 nitrogen and oxygen atoms in total. The van der Waals surface area contributed by atoms with E-state index in [0.29, 0.717) is 18.0 Å². The normalized spacial score (nSPS) is 12.7. The van der Waals surface area contributed by atoms with Gasteiger partial charge in [0.05, 0.1) is 4.90 Å².